The Morgan fingerprint density at radius 3 is 2.80 bits per heavy atom. The van der Waals surface area contributed by atoms with Gasteiger partial charge in [0.2, 0.25) is 11.8 Å². The fourth-order valence-electron chi connectivity index (χ4n) is 4.09. The minimum atomic E-state index is -0.160. The van der Waals surface area contributed by atoms with Crippen LogP contribution in [-0.2, 0) is 16.0 Å². The molecule has 0 spiro atoms. The van der Waals surface area contributed by atoms with E-state index in [0.29, 0.717) is 29.4 Å². The quantitative estimate of drug-likeness (QED) is 0.472. The van der Waals surface area contributed by atoms with Crippen molar-refractivity contribution in [2.24, 2.45) is 0 Å². The van der Waals surface area contributed by atoms with Crippen LogP contribution < -0.4 is 10.2 Å². The van der Waals surface area contributed by atoms with E-state index < -0.39 is 0 Å². The standard InChI is InChI=1S/C24H19ClN2O3/c25-19-13-17(8-9-20(19)27-11-3-6-23(27)29)26-22(28)12-16-14-30-21-10-7-15-4-1-2-5-18(15)24(16)21/h1-2,4-5,7-10,13-14H,3,6,11-12H2,(H,26,28). The summed E-state index contributed by atoms with van der Waals surface area (Å²) in [4.78, 5) is 26.4. The number of halogens is 1. The lowest BCUT2D eigenvalue weighted by atomic mass is 10.0. The number of hydrogen-bond acceptors (Lipinski definition) is 3. The summed E-state index contributed by atoms with van der Waals surface area (Å²) >= 11 is 6.38. The summed E-state index contributed by atoms with van der Waals surface area (Å²) in [6.45, 7) is 0.672. The van der Waals surface area contributed by atoms with E-state index in [4.69, 9.17) is 16.0 Å². The van der Waals surface area contributed by atoms with E-state index in [1.165, 1.54) is 0 Å². The smallest absolute Gasteiger partial charge is 0.228 e. The summed E-state index contributed by atoms with van der Waals surface area (Å²) in [6.07, 6.45) is 3.21. The Morgan fingerprint density at radius 1 is 1.13 bits per heavy atom. The molecule has 3 aromatic carbocycles. The molecule has 1 N–H and O–H groups in total. The molecule has 1 fully saturated rings. The number of rotatable bonds is 4. The fraction of sp³-hybridized carbons (Fsp3) is 0.167. The molecule has 1 aromatic heterocycles. The lowest BCUT2D eigenvalue weighted by Crippen LogP contribution is -2.24. The van der Waals surface area contributed by atoms with E-state index in [-0.39, 0.29) is 18.2 Å². The summed E-state index contributed by atoms with van der Waals surface area (Å²) in [7, 11) is 0. The summed E-state index contributed by atoms with van der Waals surface area (Å²) in [5.74, 6) is -0.0838. The summed E-state index contributed by atoms with van der Waals surface area (Å²) in [6, 6.07) is 17.2. The summed E-state index contributed by atoms with van der Waals surface area (Å²) < 4.78 is 5.67. The van der Waals surface area contributed by atoms with E-state index in [2.05, 4.69) is 5.32 Å². The van der Waals surface area contributed by atoms with Crippen LogP contribution in [0.25, 0.3) is 21.7 Å². The number of hydrogen-bond donors (Lipinski definition) is 1. The third-order valence-electron chi connectivity index (χ3n) is 5.49. The molecule has 0 aliphatic carbocycles. The van der Waals surface area contributed by atoms with Gasteiger partial charge in [-0.1, -0.05) is 41.9 Å². The average molecular weight is 419 g/mol. The van der Waals surface area contributed by atoms with Crippen molar-refractivity contribution in [2.75, 3.05) is 16.8 Å². The van der Waals surface area contributed by atoms with Crippen LogP contribution >= 0.6 is 11.6 Å². The van der Waals surface area contributed by atoms with E-state index >= 15 is 0 Å². The number of benzene rings is 3. The third-order valence-corrected chi connectivity index (χ3v) is 5.79. The first-order valence-electron chi connectivity index (χ1n) is 9.88. The Kier molecular flexibility index (Phi) is 4.68. The zero-order chi connectivity index (χ0) is 20.7. The van der Waals surface area contributed by atoms with Crippen molar-refractivity contribution in [1.29, 1.82) is 0 Å². The normalized spacial score (nSPS) is 14.0. The highest BCUT2D eigenvalue weighted by Crippen LogP contribution is 2.33. The minimum absolute atomic E-state index is 0.0766. The highest BCUT2D eigenvalue weighted by atomic mass is 35.5. The maximum absolute atomic E-state index is 12.7. The van der Waals surface area contributed by atoms with Crippen molar-refractivity contribution >= 4 is 56.5 Å². The Hall–Kier alpha value is -3.31. The summed E-state index contributed by atoms with van der Waals surface area (Å²) in [5, 5.41) is 6.47. The van der Waals surface area contributed by atoms with Gasteiger partial charge in [-0.05, 0) is 41.5 Å². The number of carbonyl (C=O) groups excluding carboxylic acids is 2. The van der Waals surface area contributed by atoms with Gasteiger partial charge in [0.25, 0.3) is 0 Å². The number of carbonyl (C=O) groups is 2. The molecule has 0 atom stereocenters. The highest BCUT2D eigenvalue weighted by molar-refractivity contribution is 6.34. The molecule has 0 radical (unpaired) electrons. The zero-order valence-corrected chi connectivity index (χ0v) is 16.9. The molecule has 5 nitrogen and oxygen atoms in total. The highest BCUT2D eigenvalue weighted by Gasteiger charge is 2.23. The van der Waals surface area contributed by atoms with E-state index in [1.807, 2.05) is 36.4 Å². The molecule has 2 amide bonds. The number of amides is 2. The Labute approximate surface area is 178 Å². The molecule has 150 valence electrons. The molecule has 2 heterocycles. The lowest BCUT2D eigenvalue weighted by Gasteiger charge is -2.18. The Bertz CT molecular complexity index is 1290. The maximum Gasteiger partial charge on any atom is 0.228 e. The first kappa shape index (κ1) is 18.7. The van der Waals surface area contributed by atoms with Gasteiger partial charge in [0.15, 0.2) is 0 Å². The van der Waals surface area contributed by atoms with Crippen LogP contribution in [0.4, 0.5) is 11.4 Å². The van der Waals surface area contributed by atoms with Crippen LogP contribution in [0, 0.1) is 0 Å². The van der Waals surface area contributed by atoms with Crippen LogP contribution in [-0.4, -0.2) is 18.4 Å². The zero-order valence-electron chi connectivity index (χ0n) is 16.2. The molecule has 1 aliphatic rings. The van der Waals surface area contributed by atoms with Crippen LogP contribution in [0.1, 0.15) is 18.4 Å². The fourth-order valence-corrected chi connectivity index (χ4v) is 4.37. The van der Waals surface area contributed by atoms with Crippen molar-refractivity contribution in [1.82, 2.24) is 0 Å². The second-order valence-electron chi connectivity index (χ2n) is 7.46. The van der Waals surface area contributed by atoms with E-state index in [9.17, 15) is 9.59 Å². The molecule has 1 aliphatic heterocycles. The van der Waals surface area contributed by atoms with Crippen LogP contribution in [0.15, 0.2) is 65.3 Å². The molecule has 0 unspecified atom stereocenters. The summed E-state index contributed by atoms with van der Waals surface area (Å²) in [5.41, 5.74) is 2.88. The molecule has 0 saturated carbocycles. The van der Waals surface area contributed by atoms with E-state index in [1.54, 1.807) is 29.4 Å². The average Bonchev–Trinajstić information content (AvgIpc) is 3.34. The minimum Gasteiger partial charge on any atom is -0.464 e. The van der Waals surface area contributed by atoms with Crippen LogP contribution in [0.3, 0.4) is 0 Å². The van der Waals surface area contributed by atoms with Gasteiger partial charge < -0.3 is 14.6 Å². The van der Waals surface area contributed by atoms with Gasteiger partial charge in [-0.15, -0.1) is 0 Å². The topological polar surface area (TPSA) is 62.6 Å². The lowest BCUT2D eigenvalue weighted by molar-refractivity contribution is -0.117. The van der Waals surface area contributed by atoms with Gasteiger partial charge in [0.05, 0.1) is 23.4 Å². The second-order valence-corrected chi connectivity index (χ2v) is 7.87. The maximum atomic E-state index is 12.7. The number of fused-ring (bicyclic) bond motifs is 3. The largest absolute Gasteiger partial charge is 0.464 e. The SMILES string of the molecule is O=C(Cc1coc2ccc3ccccc3c12)Nc1ccc(N2CCCC2=O)c(Cl)c1. The van der Waals surface area contributed by atoms with E-state index in [0.717, 1.165) is 33.7 Å². The molecular weight excluding hydrogens is 400 g/mol. The molecule has 30 heavy (non-hydrogen) atoms. The van der Waals surface area contributed by atoms with Crippen molar-refractivity contribution in [2.45, 2.75) is 19.3 Å². The predicted molar refractivity (Wildman–Crippen MR) is 119 cm³/mol. The van der Waals surface area contributed by atoms with Gasteiger partial charge in [-0.3, -0.25) is 9.59 Å². The van der Waals surface area contributed by atoms with Gasteiger partial charge >= 0.3 is 0 Å². The van der Waals surface area contributed by atoms with Crippen molar-refractivity contribution in [3.05, 3.63) is 71.4 Å². The number of nitrogens with one attached hydrogen (secondary N) is 1. The first-order valence-corrected chi connectivity index (χ1v) is 10.3. The van der Waals surface area contributed by atoms with Gasteiger partial charge in [-0.2, -0.15) is 0 Å². The molecule has 6 heteroatoms. The van der Waals surface area contributed by atoms with Gasteiger partial charge in [0.1, 0.15) is 5.58 Å². The van der Waals surface area contributed by atoms with Crippen LogP contribution in [0.2, 0.25) is 5.02 Å². The van der Waals surface area contributed by atoms with Crippen molar-refractivity contribution in [3.8, 4) is 0 Å². The Balaban J connectivity index is 1.37. The monoisotopic (exact) mass is 418 g/mol. The Morgan fingerprint density at radius 2 is 2.00 bits per heavy atom. The first-order chi connectivity index (χ1) is 14.6. The molecule has 4 aromatic rings. The van der Waals surface area contributed by atoms with Gasteiger partial charge in [-0.25, -0.2) is 0 Å². The number of nitrogens with zero attached hydrogens (tertiary/aromatic N) is 1. The number of furan rings is 1. The van der Waals surface area contributed by atoms with Gasteiger partial charge in [0, 0.05) is 29.6 Å². The van der Waals surface area contributed by atoms with Crippen molar-refractivity contribution < 1.29 is 14.0 Å². The third kappa shape index (κ3) is 3.31. The molecule has 5 rings (SSSR count). The molecular formula is C24H19ClN2O3. The molecule has 0 bridgehead atoms. The van der Waals surface area contributed by atoms with Crippen molar-refractivity contribution in [3.63, 3.8) is 0 Å². The predicted octanol–water partition coefficient (Wildman–Crippen LogP) is 5.55. The number of anilines is 2. The second kappa shape index (κ2) is 7.50. The molecule has 1 saturated heterocycles. The van der Waals surface area contributed by atoms with Crippen LogP contribution in [0.5, 0.6) is 0 Å².